The van der Waals surface area contributed by atoms with E-state index in [2.05, 4.69) is 24.2 Å². The number of aliphatic hydroxyl groups excluding tert-OH is 1. The molecule has 1 rings (SSSR count). The van der Waals surface area contributed by atoms with Gasteiger partial charge in [0, 0.05) is 12.6 Å². The van der Waals surface area contributed by atoms with Gasteiger partial charge in [0.05, 0.1) is 0 Å². The first-order valence-electron chi connectivity index (χ1n) is 7.95. The second kappa shape index (κ2) is 10.7. The summed E-state index contributed by atoms with van der Waals surface area (Å²) in [6, 6.07) is 7.06. The highest BCUT2D eigenvalue weighted by Crippen LogP contribution is 2.18. The molecule has 3 nitrogen and oxygen atoms in total. The summed E-state index contributed by atoms with van der Waals surface area (Å²) in [7, 11) is 2.12. The molecule has 0 amide bonds. The van der Waals surface area contributed by atoms with Gasteiger partial charge in [-0.05, 0) is 70.1 Å². The van der Waals surface area contributed by atoms with Crippen molar-refractivity contribution in [2.75, 3.05) is 33.3 Å². The van der Waals surface area contributed by atoms with Crippen LogP contribution in [0.5, 0.6) is 0 Å². The van der Waals surface area contributed by atoms with Crippen molar-refractivity contribution >= 4 is 0 Å². The Morgan fingerprint density at radius 1 is 1.24 bits per heavy atom. The van der Waals surface area contributed by atoms with E-state index < -0.39 is 0 Å². The third-order valence-corrected chi connectivity index (χ3v) is 3.70. The summed E-state index contributed by atoms with van der Waals surface area (Å²) in [6.07, 6.45) is 4.04. The van der Waals surface area contributed by atoms with Gasteiger partial charge < -0.3 is 15.3 Å². The number of benzene rings is 1. The number of hydrogen-bond donors (Lipinski definition) is 2. The molecular formula is C17H29FN2O. The van der Waals surface area contributed by atoms with Crippen LogP contribution in [-0.4, -0.2) is 43.3 Å². The predicted molar refractivity (Wildman–Crippen MR) is 85.9 cm³/mol. The fourth-order valence-electron chi connectivity index (χ4n) is 2.49. The Morgan fingerprint density at radius 3 is 2.71 bits per heavy atom. The summed E-state index contributed by atoms with van der Waals surface area (Å²) in [5.41, 5.74) is 1.02. The van der Waals surface area contributed by atoms with Gasteiger partial charge in [-0.1, -0.05) is 19.1 Å². The van der Waals surface area contributed by atoms with Crippen LogP contribution in [-0.2, 0) is 0 Å². The van der Waals surface area contributed by atoms with Crippen molar-refractivity contribution in [2.45, 2.75) is 38.6 Å². The maximum absolute atomic E-state index is 13.3. The normalized spacial score (nSPS) is 12.8. The standard InChI is InChI=1S/C17H29FN2O/c1-3-19-17(15-8-7-9-16(18)14-15)10-12-20(2)11-5-4-6-13-21/h7-9,14,17,19,21H,3-6,10-13H2,1-2H3. The number of nitrogens with one attached hydrogen (secondary N) is 1. The smallest absolute Gasteiger partial charge is 0.123 e. The number of halogens is 1. The molecule has 0 bridgehead atoms. The van der Waals surface area contributed by atoms with E-state index in [1.54, 1.807) is 12.1 Å². The fourth-order valence-corrected chi connectivity index (χ4v) is 2.49. The van der Waals surface area contributed by atoms with Gasteiger partial charge in [-0.3, -0.25) is 0 Å². The minimum absolute atomic E-state index is 0.173. The Kier molecular flexibility index (Phi) is 9.22. The Labute approximate surface area is 128 Å². The van der Waals surface area contributed by atoms with Crippen LogP contribution in [0.15, 0.2) is 24.3 Å². The summed E-state index contributed by atoms with van der Waals surface area (Å²) < 4.78 is 13.3. The minimum atomic E-state index is -0.173. The SMILES string of the molecule is CCNC(CCN(C)CCCCCO)c1cccc(F)c1. The van der Waals surface area contributed by atoms with Crippen LogP contribution in [0.2, 0.25) is 0 Å². The second-order valence-corrected chi connectivity index (χ2v) is 5.54. The lowest BCUT2D eigenvalue weighted by Gasteiger charge is -2.23. The van der Waals surface area contributed by atoms with Crippen molar-refractivity contribution in [3.8, 4) is 0 Å². The molecule has 0 aliphatic heterocycles. The van der Waals surface area contributed by atoms with Crippen LogP contribution in [0.25, 0.3) is 0 Å². The van der Waals surface area contributed by atoms with Gasteiger partial charge in [0.25, 0.3) is 0 Å². The van der Waals surface area contributed by atoms with Crippen molar-refractivity contribution in [1.82, 2.24) is 10.2 Å². The number of unbranched alkanes of at least 4 members (excludes halogenated alkanes) is 2. The number of rotatable bonds is 11. The molecule has 1 unspecified atom stereocenters. The quantitative estimate of drug-likeness (QED) is 0.616. The molecule has 1 aromatic rings. The molecule has 0 aliphatic rings. The molecule has 0 saturated carbocycles. The monoisotopic (exact) mass is 296 g/mol. The first-order valence-corrected chi connectivity index (χ1v) is 7.95. The molecule has 0 heterocycles. The number of hydrogen-bond acceptors (Lipinski definition) is 3. The molecule has 120 valence electrons. The van der Waals surface area contributed by atoms with E-state index in [0.717, 1.165) is 50.9 Å². The van der Waals surface area contributed by atoms with Gasteiger partial charge in [0.15, 0.2) is 0 Å². The first kappa shape index (κ1) is 18.1. The highest BCUT2D eigenvalue weighted by molar-refractivity contribution is 5.20. The van der Waals surface area contributed by atoms with Crippen molar-refractivity contribution in [3.63, 3.8) is 0 Å². The average molecular weight is 296 g/mol. The summed E-state index contributed by atoms with van der Waals surface area (Å²) in [5.74, 6) is -0.173. The van der Waals surface area contributed by atoms with Crippen LogP contribution in [0.1, 0.15) is 44.2 Å². The number of aliphatic hydroxyl groups is 1. The molecule has 2 N–H and O–H groups in total. The lowest BCUT2D eigenvalue weighted by atomic mass is 10.0. The zero-order valence-electron chi connectivity index (χ0n) is 13.3. The summed E-state index contributed by atoms with van der Waals surface area (Å²) in [5, 5.41) is 12.2. The Morgan fingerprint density at radius 2 is 2.05 bits per heavy atom. The average Bonchev–Trinajstić information content (AvgIpc) is 2.48. The molecule has 21 heavy (non-hydrogen) atoms. The maximum Gasteiger partial charge on any atom is 0.123 e. The van der Waals surface area contributed by atoms with E-state index in [9.17, 15) is 4.39 Å². The van der Waals surface area contributed by atoms with Gasteiger partial charge in [-0.2, -0.15) is 0 Å². The van der Waals surface area contributed by atoms with Crippen molar-refractivity contribution in [3.05, 3.63) is 35.6 Å². The topological polar surface area (TPSA) is 35.5 Å². The van der Waals surface area contributed by atoms with Crippen LogP contribution in [0.4, 0.5) is 4.39 Å². The van der Waals surface area contributed by atoms with Gasteiger partial charge in [-0.15, -0.1) is 0 Å². The van der Waals surface area contributed by atoms with Crippen molar-refractivity contribution in [1.29, 1.82) is 0 Å². The molecule has 0 spiro atoms. The maximum atomic E-state index is 13.3. The minimum Gasteiger partial charge on any atom is -0.396 e. The van der Waals surface area contributed by atoms with E-state index in [0.29, 0.717) is 0 Å². The predicted octanol–water partition coefficient (Wildman–Crippen LogP) is 2.96. The van der Waals surface area contributed by atoms with Crippen molar-refractivity contribution < 1.29 is 9.50 Å². The molecule has 0 fully saturated rings. The first-order chi connectivity index (χ1) is 10.2. The Bertz CT molecular complexity index is 387. The molecular weight excluding hydrogens is 267 g/mol. The van der Waals surface area contributed by atoms with Crippen LogP contribution >= 0.6 is 0 Å². The lowest BCUT2D eigenvalue weighted by molar-refractivity contribution is 0.268. The van der Waals surface area contributed by atoms with Gasteiger partial charge in [0.1, 0.15) is 5.82 Å². The zero-order valence-corrected chi connectivity index (χ0v) is 13.3. The van der Waals surface area contributed by atoms with E-state index in [4.69, 9.17) is 5.11 Å². The second-order valence-electron chi connectivity index (χ2n) is 5.54. The van der Waals surface area contributed by atoms with Crippen molar-refractivity contribution in [2.24, 2.45) is 0 Å². The molecule has 1 atom stereocenters. The van der Waals surface area contributed by atoms with E-state index in [1.807, 2.05) is 6.07 Å². The lowest BCUT2D eigenvalue weighted by Crippen LogP contribution is -2.28. The van der Waals surface area contributed by atoms with E-state index in [-0.39, 0.29) is 18.5 Å². The Balaban J connectivity index is 2.40. The van der Waals surface area contributed by atoms with Crippen LogP contribution in [0, 0.1) is 5.82 Å². The largest absolute Gasteiger partial charge is 0.396 e. The molecule has 0 radical (unpaired) electrons. The summed E-state index contributed by atoms with van der Waals surface area (Å²) in [4.78, 5) is 2.31. The highest BCUT2D eigenvalue weighted by Gasteiger charge is 2.12. The molecule has 0 aliphatic carbocycles. The van der Waals surface area contributed by atoms with Gasteiger partial charge in [0.2, 0.25) is 0 Å². The fraction of sp³-hybridized carbons (Fsp3) is 0.647. The van der Waals surface area contributed by atoms with E-state index >= 15 is 0 Å². The van der Waals surface area contributed by atoms with Gasteiger partial charge in [-0.25, -0.2) is 4.39 Å². The molecule has 4 heteroatoms. The molecule has 0 saturated heterocycles. The third kappa shape index (κ3) is 7.55. The molecule has 0 aromatic heterocycles. The number of nitrogens with zero attached hydrogens (tertiary/aromatic N) is 1. The van der Waals surface area contributed by atoms with Crippen LogP contribution in [0.3, 0.4) is 0 Å². The highest BCUT2D eigenvalue weighted by atomic mass is 19.1. The van der Waals surface area contributed by atoms with Gasteiger partial charge >= 0.3 is 0 Å². The third-order valence-electron chi connectivity index (χ3n) is 3.70. The summed E-state index contributed by atoms with van der Waals surface area (Å²) in [6.45, 7) is 5.26. The molecule has 1 aromatic carbocycles. The van der Waals surface area contributed by atoms with Crippen LogP contribution < -0.4 is 5.32 Å². The Hall–Kier alpha value is -0.970. The summed E-state index contributed by atoms with van der Waals surface area (Å²) >= 11 is 0. The van der Waals surface area contributed by atoms with E-state index in [1.165, 1.54) is 6.07 Å². The zero-order chi connectivity index (χ0) is 15.5.